The Morgan fingerprint density at radius 1 is 1.33 bits per heavy atom. The number of carbonyl (C=O) groups is 2. The number of rotatable bonds is 5. The van der Waals surface area contributed by atoms with Crippen LogP contribution in [0.25, 0.3) is 0 Å². The van der Waals surface area contributed by atoms with Crippen LogP contribution < -0.4 is 10.6 Å². The topological polar surface area (TPSA) is 78.4 Å². The van der Waals surface area contributed by atoms with E-state index in [2.05, 4.69) is 16.9 Å². The predicted octanol–water partition coefficient (Wildman–Crippen LogP) is 1.82. The van der Waals surface area contributed by atoms with Crippen molar-refractivity contribution in [3.8, 4) is 0 Å². The van der Waals surface area contributed by atoms with E-state index in [9.17, 15) is 9.59 Å². The molecule has 0 bridgehead atoms. The van der Waals surface area contributed by atoms with E-state index in [0.717, 1.165) is 30.9 Å². The van der Waals surface area contributed by atoms with Crippen LogP contribution in [0, 0.1) is 0 Å². The minimum Gasteiger partial charge on any atom is -0.481 e. The zero-order chi connectivity index (χ0) is 13.5. The molecule has 1 atom stereocenters. The molecule has 5 nitrogen and oxygen atoms in total. The van der Waals surface area contributed by atoms with Gasteiger partial charge in [0.1, 0.15) is 0 Å². The smallest absolute Gasteiger partial charge is 0.315 e. The molecule has 0 aromatic rings. The first kappa shape index (κ1) is 15.1. The monoisotopic (exact) mass is 274 g/mol. The van der Waals surface area contributed by atoms with Crippen molar-refractivity contribution in [3.05, 3.63) is 0 Å². The summed E-state index contributed by atoms with van der Waals surface area (Å²) in [5, 5.41) is 14.9. The van der Waals surface area contributed by atoms with E-state index in [1.807, 2.05) is 11.8 Å². The molecule has 1 unspecified atom stereocenters. The van der Waals surface area contributed by atoms with Gasteiger partial charge in [-0.05, 0) is 38.9 Å². The SMILES string of the molecule is CSC1CCC(NC(=O)NC(C)CC(=O)O)CC1. The van der Waals surface area contributed by atoms with Gasteiger partial charge in [0.15, 0.2) is 0 Å². The van der Waals surface area contributed by atoms with Crippen molar-refractivity contribution in [2.24, 2.45) is 0 Å². The fourth-order valence-corrected chi connectivity index (χ4v) is 2.95. The van der Waals surface area contributed by atoms with Gasteiger partial charge in [0, 0.05) is 17.3 Å². The highest BCUT2D eigenvalue weighted by molar-refractivity contribution is 7.99. The van der Waals surface area contributed by atoms with Crippen LogP contribution in [-0.2, 0) is 4.79 Å². The fraction of sp³-hybridized carbons (Fsp3) is 0.833. The number of hydrogen-bond acceptors (Lipinski definition) is 3. The molecule has 1 aliphatic rings. The molecular weight excluding hydrogens is 252 g/mol. The highest BCUT2D eigenvalue weighted by Gasteiger charge is 2.22. The Balaban J connectivity index is 2.22. The largest absolute Gasteiger partial charge is 0.481 e. The second-order valence-corrected chi connectivity index (χ2v) is 5.96. The quantitative estimate of drug-likeness (QED) is 0.714. The number of nitrogens with one attached hydrogen (secondary N) is 2. The van der Waals surface area contributed by atoms with Gasteiger partial charge in [-0.25, -0.2) is 4.79 Å². The molecule has 0 heterocycles. The lowest BCUT2D eigenvalue weighted by Crippen LogP contribution is -2.47. The number of hydrogen-bond donors (Lipinski definition) is 3. The fourth-order valence-electron chi connectivity index (χ4n) is 2.21. The first-order chi connectivity index (χ1) is 8.51. The van der Waals surface area contributed by atoms with Crippen LogP contribution in [-0.4, -0.2) is 40.7 Å². The van der Waals surface area contributed by atoms with Crippen molar-refractivity contribution in [1.29, 1.82) is 0 Å². The first-order valence-electron chi connectivity index (χ1n) is 6.33. The third-order valence-electron chi connectivity index (χ3n) is 3.20. The Morgan fingerprint density at radius 3 is 2.44 bits per heavy atom. The van der Waals surface area contributed by atoms with E-state index in [4.69, 9.17) is 5.11 Å². The summed E-state index contributed by atoms with van der Waals surface area (Å²) in [4.78, 5) is 22.1. The molecule has 1 fully saturated rings. The summed E-state index contributed by atoms with van der Waals surface area (Å²) >= 11 is 1.89. The highest BCUT2D eigenvalue weighted by Crippen LogP contribution is 2.26. The molecule has 0 aromatic heterocycles. The normalized spacial score (nSPS) is 25.2. The molecule has 1 aliphatic carbocycles. The van der Waals surface area contributed by atoms with E-state index in [1.165, 1.54) is 0 Å². The van der Waals surface area contributed by atoms with Gasteiger partial charge < -0.3 is 15.7 Å². The molecule has 1 saturated carbocycles. The number of amides is 2. The zero-order valence-corrected chi connectivity index (χ0v) is 11.8. The summed E-state index contributed by atoms with van der Waals surface area (Å²) in [5.41, 5.74) is 0. The van der Waals surface area contributed by atoms with Crippen LogP contribution in [0.2, 0.25) is 0 Å². The molecule has 104 valence electrons. The lowest BCUT2D eigenvalue weighted by atomic mass is 9.95. The minimum absolute atomic E-state index is 0.0490. The second-order valence-electron chi connectivity index (χ2n) is 4.83. The average Bonchev–Trinajstić information content (AvgIpc) is 2.28. The van der Waals surface area contributed by atoms with E-state index in [0.29, 0.717) is 0 Å². The van der Waals surface area contributed by atoms with E-state index in [-0.39, 0.29) is 24.5 Å². The van der Waals surface area contributed by atoms with Gasteiger partial charge >= 0.3 is 12.0 Å². The Morgan fingerprint density at radius 2 is 1.94 bits per heavy atom. The molecule has 0 spiro atoms. The van der Waals surface area contributed by atoms with Gasteiger partial charge in [-0.3, -0.25) is 4.79 Å². The Hall–Kier alpha value is -0.910. The first-order valence-corrected chi connectivity index (χ1v) is 7.61. The van der Waals surface area contributed by atoms with E-state index in [1.54, 1.807) is 6.92 Å². The second kappa shape index (κ2) is 7.51. The Kier molecular flexibility index (Phi) is 6.32. The molecule has 3 N–H and O–H groups in total. The molecular formula is C12H22N2O3S. The van der Waals surface area contributed by atoms with Crippen molar-refractivity contribution in [1.82, 2.24) is 10.6 Å². The number of carboxylic acid groups (broad SMARTS) is 1. The lowest BCUT2D eigenvalue weighted by molar-refractivity contribution is -0.137. The van der Waals surface area contributed by atoms with Gasteiger partial charge in [-0.2, -0.15) is 11.8 Å². The number of urea groups is 1. The zero-order valence-electron chi connectivity index (χ0n) is 10.9. The summed E-state index contributed by atoms with van der Waals surface area (Å²) in [6.45, 7) is 1.69. The van der Waals surface area contributed by atoms with Crippen molar-refractivity contribution in [2.75, 3.05) is 6.26 Å². The summed E-state index contributed by atoms with van der Waals surface area (Å²) in [7, 11) is 0. The summed E-state index contributed by atoms with van der Waals surface area (Å²) in [5.74, 6) is -0.900. The van der Waals surface area contributed by atoms with Crippen LogP contribution in [0.3, 0.4) is 0 Å². The molecule has 0 saturated heterocycles. The Labute approximate surface area is 112 Å². The summed E-state index contributed by atoms with van der Waals surface area (Å²) in [6.07, 6.45) is 6.36. The third kappa shape index (κ3) is 5.62. The van der Waals surface area contributed by atoms with Gasteiger partial charge in [-0.1, -0.05) is 0 Å². The van der Waals surface area contributed by atoms with E-state index < -0.39 is 5.97 Å². The van der Waals surface area contributed by atoms with Crippen molar-refractivity contribution in [3.63, 3.8) is 0 Å². The standard InChI is InChI=1S/C12H22N2O3S/c1-8(7-11(15)16)13-12(17)14-9-3-5-10(18-2)6-4-9/h8-10H,3-7H2,1-2H3,(H,15,16)(H2,13,14,17). The van der Waals surface area contributed by atoms with E-state index >= 15 is 0 Å². The number of carbonyl (C=O) groups excluding carboxylic acids is 1. The predicted molar refractivity (Wildman–Crippen MR) is 72.9 cm³/mol. The van der Waals surface area contributed by atoms with Gasteiger partial charge in [0.05, 0.1) is 6.42 Å². The summed E-state index contributed by atoms with van der Waals surface area (Å²) in [6, 6.07) is -0.369. The average molecular weight is 274 g/mol. The molecule has 6 heteroatoms. The van der Waals surface area contributed by atoms with Gasteiger partial charge in [0.25, 0.3) is 0 Å². The number of thioether (sulfide) groups is 1. The maximum atomic E-state index is 11.6. The minimum atomic E-state index is -0.900. The van der Waals surface area contributed by atoms with Crippen molar-refractivity contribution < 1.29 is 14.7 Å². The Bertz CT molecular complexity index is 291. The lowest BCUT2D eigenvalue weighted by Gasteiger charge is -2.28. The maximum absolute atomic E-state index is 11.6. The molecule has 0 aromatic carbocycles. The van der Waals surface area contributed by atoms with Crippen LogP contribution in [0.5, 0.6) is 0 Å². The van der Waals surface area contributed by atoms with Crippen molar-refractivity contribution in [2.45, 2.75) is 56.4 Å². The van der Waals surface area contributed by atoms with Crippen LogP contribution in [0.1, 0.15) is 39.0 Å². The highest BCUT2D eigenvalue weighted by atomic mass is 32.2. The van der Waals surface area contributed by atoms with Crippen LogP contribution in [0.15, 0.2) is 0 Å². The van der Waals surface area contributed by atoms with Gasteiger partial charge in [-0.15, -0.1) is 0 Å². The van der Waals surface area contributed by atoms with Crippen molar-refractivity contribution >= 4 is 23.8 Å². The molecule has 1 rings (SSSR count). The van der Waals surface area contributed by atoms with Gasteiger partial charge in [0.2, 0.25) is 0 Å². The maximum Gasteiger partial charge on any atom is 0.315 e. The van der Waals surface area contributed by atoms with Crippen LogP contribution >= 0.6 is 11.8 Å². The molecule has 0 aliphatic heterocycles. The molecule has 18 heavy (non-hydrogen) atoms. The summed E-state index contributed by atoms with van der Waals surface area (Å²) < 4.78 is 0. The number of aliphatic carboxylic acids is 1. The molecule has 0 radical (unpaired) electrons. The van der Waals surface area contributed by atoms with Crippen LogP contribution in [0.4, 0.5) is 4.79 Å². The third-order valence-corrected chi connectivity index (χ3v) is 4.34. The molecule has 2 amide bonds. The number of carboxylic acids is 1.